The van der Waals surface area contributed by atoms with Crippen molar-refractivity contribution in [1.82, 2.24) is 0 Å². The minimum absolute atomic E-state index is 0. The second kappa shape index (κ2) is 8.84. The van der Waals surface area contributed by atoms with Crippen LogP contribution in [-0.4, -0.2) is 22.3 Å². The van der Waals surface area contributed by atoms with E-state index in [2.05, 4.69) is 16.0 Å². The fourth-order valence-corrected chi connectivity index (χ4v) is 0. The van der Waals surface area contributed by atoms with E-state index >= 15 is 0 Å². The summed E-state index contributed by atoms with van der Waals surface area (Å²) in [5.41, 5.74) is 0. The van der Waals surface area contributed by atoms with Gasteiger partial charge < -0.3 is 0 Å². The molecular formula is C2H3LiOSe. The van der Waals surface area contributed by atoms with Gasteiger partial charge in [0.15, 0.2) is 0 Å². The van der Waals surface area contributed by atoms with Gasteiger partial charge in [-0.1, -0.05) is 0 Å². The summed E-state index contributed by atoms with van der Waals surface area (Å²) in [6.45, 7) is 0. The zero-order chi connectivity index (χ0) is 3.41. The van der Waals surface area contributed by atoms with Crippen LogP contribution in [-0.2, 0) is 4.79 Å². The van der Waals surface area contributed by atoms with Gasteiger partial charge in [0.1, 0.15) is 0 Å². The van der Waals surface area contributed by atoms with Crippen LogP contribution < -0.4 is 18.9 Å². The summed E-state index contributed by atoms with van der Waals surface area (Å²) in [6.07, 6.45) is 0.819. The molecule has 0 N–H and O–H groups in total. The maximum absolute atomic E-state index is 9.14. The molecule has 0 amide bonds. The summed E-state index contributed by atoms with van der Waals surface area (Å²) in [5.74, 6) is 0. The predicted octanol–water partition coefficient (Wildman–Crippen LogP) is -3.22. The molecule has 0 aliphatic carbocycles. The minimum atomic E-state index is 0. The van der Waals surface area contributed by atoms with Crippen molar-refractivity contribution in [3.8, 4) is 0 Å². The topological polar surface area (TPSA) is 17.1 Å². The Morgan fingerprint density at radius 1 is 1.80 bits per heavy atom. The van der Waals surface area contributed by atoms with Crippen molar-refractivity contribution in [3.63, 3.8) is 0 Å². The Morgan fingerprint density at radius 2 is 2.00 bits per heavy atom. The van der Waals surface area contributed by atoms with E-state index < -0.39 is 0 Å². The first kappa shape index (κ1) is 9.25. The van der Waals surface area contributed by atoms with Crippen molar-refractivity contribution in [2.75, 3.05) is 0 Å². The van der Waals surface area contributed by atoms with Gasteiger partial charge in [0, 0.05) is 0 Å². The molecule has 0 radical (unpaired) electrons. The van der Waals surface area contributed by atoms with Gasteiger partial charge in [-0.2, -0.15) is 0 Å². The van der Waals surface area contributed by atoms with Gasteiger partial charge in [-0.15, -0.1) is 0 Å². The summed E-state index contributed by atoms with van der Waals surface area (Å²) in [4.78, 5) is 9.14. The van der Waals surface area contributed by atoms with E-state index in [0.717, 1.165) is 6.29 Å². The number of rotatable bonds is 1. The Kier molecular flexibility index (Phi) is 16.3. The molecular weight excluding hydrogens is 126 g/mol. The minimum Gasteiger partial charge on any atom is 1.00 e. The summed E-state index contributed by atoms with van der Waals surface area (Å²) in [6, 6.07) is 0. The van der Waals surface area contributed by atoms with Gasteiger partial charge in [-0.05, 0) is 0 Å². The van der Waals surface area contributed by atoms with E-state index in [4.69, 9.17) is 4.79 Å². The number of hydrogen-bond donors (Lipinski definition) is 0. The zero-order valence-electron chi connectivity index (χ0n) is 3.10. The molecule has 5 heavy (non-hydrogen) atoms. The van der Waals surface area contributed by atoms with Crippen LogP contribution in [0.5, 0.6) is 0 Å². The Morgan fingerprint density at radius 3 is 2.00 bits per heavy atom. The van der Waals surface area contributed by atoms with Gasteiger partial charge >= 0.3 is 51.3 Å². The van der Waals surface area contributed by atoms with Crippen LogP contribution in [0.1, 0.15) is 0 Å². The molecule has 0 bridgehead atoms. The first-order valence-electron chi connectivity index (χ1n) is 0.933. The molecule has 3 heteroatoms. The standard InChI is InChI=1S/C2H4OSe.Li/c3-1-2-4;/h1,4H,2H2;/q;+1/p-1. The molecule has 24 valence electrons. The average molecular weight is 129 g/mol. The van der Waals surface area contributed by atoms with Crippen LogP contribution in [0.15, 0.2) is 0 Å². The molecule has 0 aliphatic rings. The third-order valence-corrected chi connectivity index (χ3v) is 0.354. The summed E-state index contributed by atoms with van der Waals surface area (Å²) in [5, 5.41) is 0.514. The maximum atomic E-state index is 9.14. The number of hydrogen-bond acceptors (Lipinski definition) is 1. The van der Waals surface area contributed by atoms with Crippen molar-refractivity contribution < 1.29 is 23.7 Å². The van der Waals surface area contributed by atoms with Crippen molar-refractivity contribution in [1.29, 1.82) is 0 Å². The Bertz CT molecular complexity index is 23.6. The van der Waals surface area contributed by atoms with Crippen LogP contribution in [0.2, 0.25) is 5.32 Å². The zero-order valence-corrected chi connectivity index (χ0v) is 4.81. The summed E-state index contributed by atoms with van der Waals surface area (Å²) >= 11 is 2.52. The Labute approximate surface area is 51.5 Å². The maximum Gasteiger partial charge on any atom is 1.00 e. The van der Waals surface area contributed by atoms with E-state index in [1.165, 1.54) is 0 Å². The van der Waals surface area contributed by atoms with Crippen molar-refractivity contribution in [2.24, 2.45) is 0 Å². The van der Waals surface area contributed by atoms with Crippen LogP contribution in [0.25, 0.3) is 0 Å². The molecule has 0 aromatic carbocycles. The molecule has 0 fully saturated rings. The van der Waals surface area contributed by atoms with Gasteiger partial charge in [0.2, 0.25) is 0 Å². The number of carbonyl (C=O) groups is 1. The van der Waals surface area contributed by atoms with Gasteiger partial charge in [0.25, 0.3) is 0 Å². The molecule has 0 aliphatic heterocycles. The second-order valence-corrected chi connectivity index (χ2v) is 1.03. The predicted molar refractivity (Wildman–Crippen MR) is 16.6 cm³/mol. The normalized spacial score (nSPS) is 5.00. The molecule has 0 saturated heterocycles. The van der Waals surface area contributed by atoms with Crippen molar-refractivity contribution in [2.45, 2.75) is 5.32 Å². The molecule has 0 heterocycles. The molecule has 0 aromatic heterocycles. The van der Waals surface area contributed by atoms with Gasteiger partial charge in [0.05, 0.1) is 0 Å². The number of aldehydes is 1. The van der Waals surface area contributed by atoms with Gasteiger partial charge in [-0.25, -0.2) is 0 Å². The van der Waals surface area contributed by atoms with Crippen molar-refractivity contribution in [3.05, 3.63) is 0 Å². The smallest absolute Gasteiger partial charge is 1.00 e. The fraction of sp³-hybridized carbons (Fsp3) is 0.500. The Hall–Kier alpha value is 0.787. The van der Waals surface area contributed by atoms with Crippen LogP contribution >= 0.6 is 0 Å². The largest absolute Gasteiger partial charge is 1.00 e. The van der Waals surface area contributed by atoms with Gasteiger partial charge in [-0.3, -0.25) is 0 Å². The average Bonchev–Trinajstić information content (AvgIpc) is 1.37. The van der Waals surface area contributed by atoms with E-state index in [1.54, 1.807) is 0 Å². The van der Waals surface area contributed by atoms with Crippen LogP contribution in [0.4, 0.5) is 0 Å². The quantitative estimate of drug-likeness (QED) is 0.269. The SMILES string of the molecule is O=CC[Se-].[Li+]. The first-order chi connectivity index (χ1) is 1.91. The summed E-state index contributed by atoms with van der Waals surface area (Å²) in [7, 11) is 0. The van der Waals surface area contributed by atoms with E-state index in [-0.39, 0.29) is 18.9 Å². The monoisotopic (exact) mass is 130 g/mol. The molecule has 0 saturated carbocycles. The molecule has 0 aromatic rings. The molecule has 0 atom stereocenters. The summed E-state index contributed by atoms with van der Waals surface area (Å²) < 4.78 is 0. The van der Waals surface area contributed by atoms with Crippen LogP contribution in [0, 0.1) is 0 Å². The third kappa shape index (κ3) is 11.6. The van der Waals surface area contributed by atoms with E-state index in [0.29, 0.717) is 5.32 Å². The first-order valence-corrected chi connectivity index (χ1v) is 2.14. The third-order valence-electron chi connectivity index (χ3n) is 0.0680. The molecule has 0 rings (SSSR count). The fourth-order valence-electron chi connectivity index (χ4n) is 0. The van der Waals surface area contributed by atoms with Crippen LogP contribution in [0.3, 0.4) is 0 Å². The second-order valence-electron chi connectivity index (χ2n) is 0.333. The van der Waals surface area contributed by atoms with Crippen molar-refractivity contribution >= 4 is 22.3 Å². The number of carbonyl (C=O) groups excluding carboxylic acids is 1. The molecule has 1 nitrogen and oxygen atoms in total. The molecule has 0 unspecified atom stereocenters. The van der Waals surface area contributed by atoms with E-state index in [9.17, 15) is 0 Å². The molecule has 0 spiro atoms. The Balaban J connectivity index is 0. The van der Waals surface area contributed by atoms with E-state index in [1.807, 2.05) is 0 Å².